The molecule has 1 aromatic heterocycles. The number of nitrogens with zero attached hydrogens (tertiary/aromatic N) is 3. The molecule has 1 amide bonds. The average molecular weight is 447 g/mol. The topological polar surface area (TPSA) is 76.5 Å². The summed E-state index contributed by atoms with van der Waals surface area (Å²) in [6.07, 6.45) is 0. The highest BCUT2D eigenvalue weighted by Crippen LogP contribution is 2.34. The average Bonchev–Trinajstić information content (AvgIpc) is 3.19. The number of nitrogens with one attached hydrogen (secondary N) is 1. The number of aryl methyl sites for hydroxylation is 2. The van der Waals surface area contributed by atoms with Crippen molar-refractivity contribution in [3.63, 3.8) is 0 Å². The maximum Gasteiger partial charge on any atom is 0.358 e. The number of amides is 1. The number of benzene rings is 2. The van der Waals surface area contributed by atoms with Gasteiger partial charge in [0, 0.05) is 12.2 Å². The number of ether oxygens (including phenoxy) is 1. The Bertz CT molecular complexity index is 1150. The second kappa shape index (κ2) is 9.10. The van der Waals surface area contributed by atoms with E-state index in [9.17, 15) is 9.59 Å². The molecule has 0 saturated heterocycles. The van der Waals surface area contributed by atoms with Crippen molar-refractivity contribution in [3.8, 4) is 0 Å². The number of rotatable bonds is 6. The van der Waals surface area contributed by atoms with E-state index >= 15 is 0 Å². The zero-order valence-corrected chi connectivity index (χ0v) is 19.6. The lowest BCUT2D eigenvalue weighted by Gasteiger charge is -2.45. The molecule has 33 heavy (non-hydrogen) atoms. The van der Waals surface area contributed by atoms with E-state index in [1.807, 2.05) is 37.3 Å². The summed E-state index contributed by atoms with van der Waals surface area (Å²) in [5, 5.41) is 7.57. The van der Waals surface area contributed by atoms with Crippen LogP contribution < -0.4 is 10.2 Å². The van der Waals surface area contributed by atoms with Gasteiger partial charge in [-0.05, 0) is 62.6 Å². The second-order valence-corrected chi connectivity index (χ2v) is 8.77. The van der Waals surface area contributed by atoms with Crippen LogP contribution in [0.1, 0.15) is 46.7 Å². The van der Waals surface area contributed by atoms with E-state index in [-0.39, 0.29) is 18.2 Å². The van der Waals surface area contributed by atoms with E-state index in [0.717, 1.165) is 28.1 Å². The fourth-order valence-corrected chi connectivity index (χ4v) is 4.38. The van der Waals surface area contributed by atoms with Crippen LogP contribution in [0, 0.1) is 13.8 Å². The number of aromatic nitrogens is 2. The van der Waals surface area contributed by atoms with Gasteiger partial charge in [0.05, 0.1) is 25.4 Å². The van der Waals surface area contributed by atoms with Crippen LogP contribution in [-0.4, -0.2) is 33.8 Å². The number of carbonyl (C=O) groups is 2. The van der Waals surface area contributed by atoms with Crippen LogP contribution in [0.4, 0.5) is 5.69 Å². The normalized spacial score (nSPS) is 17.4. The summed E-state index contributed by atoms with van der Waals surface area (Å²) >= 11 is 0. The molecule has 2 heterocycles. The number of anilines is 1. The minimum absolute atomic E-state index is 0.0932. The highest BCUT2D eigenvalue weighted by Gasteiger charge is 2.44. The number of hydrogen-bond donors (Lipinski definition) is 1. The monoisotopic (exact) mass is 446 g/mol. The Balaban J connectivity index is 1.69. The highest BCUT2D eigenvalue weighted by molar-refractivity contribution is 5.90. The summed E-state index contributed by atoms with van der Waals surface area (Å²) in [6.45, 7) is 9.29. The molecule has 7 heteroatoms. The van der Waals surface area contributed by atoms with E-state index in [0.29, 0.717) is 19.6 Å². The zero-order valence-electron chi connectivity index (χ0n) is 19.6. The van der Waals surface area contributed by atoms with Crippen LogP contribution in [-0.2, 0) is 29.2 Å². The molecule has 1 aliphatic rings. The largest absolute Gasteiger partial charge is 0.461 e. The number of hydrogen-bond acceptors (Lipinski definition) is 5. The Morgan fingerprint density at radius 1 is 1.09 bits per heavy atom. The van der Waals surface area contributed by atoms with Crippen molar-refractivity contribution >= 4 is 17.6 Å². The van der Waals surface area contributed by atoms with Gasteiger partial charge >= 0.3 is 5.97 Å². The van der Waals surface area contributed by atoms with Crippen LogP contribution in [0.3, 0.4) is 0 Å². The smallest absolute Gasteiger partial charge is 0.358 e. The van der Waals surface area contributed by atoms with E-state index in [1.165, 1.54) is 0 Å². The van der Waals surface area contributed by atoms with Crippen LogP contribution in [0.2, 0.25) is 0 Å². The quantitative estimate of drug-likeness (QED) is 0.584. The first-order valence-corrected chi connectivity index (χ1v) is 11.2. The minimum atomic E-state index is -0.903. The van der Waals surface area contributed by atoms with Crippen LogP contribution >= 0.6 is 0 Å². The Morgan fingerprint density at radius 3 is 2.45 bits per heavy atom. The third-order valence-corrected chi connectivity index (χ3v) is 6.02. The van der Waals surface area contributed by atoms with Crippen molar-refractivity contribution in [1.82, 2.24) is 15.1 Å². The lowest BCUT2D eigenvalue weighted by Crippen LogP contribution is -2.61. The van der Waals surface area contributed by atoms with Crippen molar-refractivity contribution in [2.24, 2.45) is 0 Å². The molecule has 1 aliphatic heterocycles. The van der Waals surface area contributed by atoms with Gasteiger partial charge in [0.1, 0.15) is 5.54 Å². The first-order chi connectivity index (χ1) is 15.8. The zero-order chi connectivity index (χ0) is 23.6. The first-order valence-electron chi connectivity index (χ1n) is 11.2. The van der Waals surface area contributed by atoms with Crippen LogP contribution in [0.5, 0.6) is 0 Å². The van der Waals surface area contributed by atoms with Gasteiger partial charge in [-0.2, -0.15) is 5.10 Å². The molecule has 1 atom stereocenters. The molecule has 0 spiro atoms. The van der Waals surface area contributed by atoms with E-state index in [1.54, 1.807) is 17.7 Å². The lowest BCUT2D eigenvalue weighted by atomic mass is 9.93. The molecule has 0 aliphatic carbocycles. The maximum absolute atomic E-state index is 13.6. The molecule has 0 fully saturated rings. The Kier molecular flexibility index (Phi) is 6.22. The van der Waals surface area contributed by atoms with Gasteiger partial charge < -0.3 is 15.0 Å². The Labute approximate surface area is 194 Å². The first kappa shape index (κ1) is 22.6. The second-order valence-electron chi connectivity index (χ2n) is 8.77. The lowest BCUT2D eigenvalue weighted by molar-refractivity contribution is -0.127. The van der Waals surface area contributed by atoms with Crippen molar-refractivity contribution in [3.05, 3.63) is 82.7 Å². The van der Waals surface area contributed by atoms with Crippen LogP contribution in [0.15, 0.2) is 54.6 Å². The van der Waals surface area contributed by atoms with Gasteiger partial charge in [-0.1, -0.05) is 36.4 Å². The molecule has 0 radical (unpaired) electrons. The minimum Gasteiger partial charge on any atom is -0.461 e. The fraction of sp³-hybridized carbons (Fsp3) is 0.346. The molecule has 4 rings (SSSR count). The fourth-order valence-electron chi connectivity index (χ4n) is 4.38. The maximum atomic E-state index is 13.6. The van der Waals surface area contributed by atoms with Crippen molar-refractivity contribution in [2.45, 2.75) is 52.9 Å². The van der Waals surface area contributed by atoms with Crippen molar-refractivity contribution in [2.75, 3.05) is 11.5 Å². The predicted octanol–water partition coefficient (Wildman–Crippen LogP) is 3.77. The summed E-state index contributed by atoms with van der Waals surface area (Å²) in [5.74, 6) is -0.545. The standard InChI is InChI=1S/C26H30N4O3/c1-5-33-24(31)23-14-22-16-29(21-12-18(2)11-19(3)13-21)26(4,17-30(22)28-23)25(32)27-15-20-9-7-6-8-10-20/h6-14H,5,15-17H2,1-4H3,(H,27,32). The third-order valence-electron chi connectivity index (χ3n) is 6.02. The van der Waals surface area contributed by atoms with Gasteiger partial charge in [-0.25, -0.2) is 4.79 Å². The Hall–Kier alpha value is -3.61. The van der Waals surface area contributed by atoms with E-state index < -0.39 is 11.5 Å². The van der Waals surface area contributed by atoms with Gasteiger partial charge in [0.2, 0.25) is 5.91 Å². The van der Waals surface area contributed by atoms with Crippen molar-refractivity contribution in [1.29, 1.82) is 0 Å². The molecule has 1 N–H and O–H groups in total. The predicted molar refractivity (Wildman–Crippen MR) is 127 cm³/mol. The summed E-state index contributed by atoms with van der Waals surface area (Å²) in [5.41, 5.74) is 4.49. The van der Waals surface area contributed by atoms with Gasteiger partial charge in [0.15, 0.2) is 5.69 Å². The molecule has 2 aromatic carbocycles. The molecule has 0 bridgehead atoms. The number of esters is 1. The molecule has 3 aromatic rings. The summed E-state index contributed by atoms with van der Waals surface area (Å²) < 4.78 is 6.89. The molecule has 1 unspecified atom stereocenters. The number of fused-ring (bicyclic) bond motifs is 1. The molecule has 7 nitrogen and oxygen atoms in total. The van der Waals surface area contributed by atoms with Gasteiger partial charge in [-0.3, -0.25) is 9.48 Å². The Morgan fingerprint density at radius 2 is 1.79 bits per heavy atom. The molecular formula is C26H30N4O3. The van der Waals surface area contributed by atoms with E-state index in [2.05, 4.69) is 47.4 Å². The van der Waals surface area contributed by atoms with Gasteiger partial charge in [0.25, 0.3) is 0 Å². The van der Waals surface area contributed by atoms with Crippen molar-refractivity contribution < 1.29 is 14.3 Å². The SMILES string of the molecule is CCOC(=O)c1cc2n(n1)CC(C)(C(=O)NCc1ccccc1)N(c1cc(C)cc(C)c1)C2. The third kappa shape index (κ3) is 4.62. The van der Waals surface area contributed by atoms with E-state index in [4.69, 9.17) is 4.74 Å². The summed E-state index contributed by atoms with van der Waals surface area (Å²) in [4.78, 5) is 28.0. The molecule has 0 saturated carbocycles. The number of carbonyl (C=O) groups excluding carboxylic acids is 2. The molecular weight excluding hydrogens is 416 g/mol. The van der Waals surface area contributed by atoms with Gasteiger partial charge in [-0.15, -0.1) is 0 Å². The summed E-state index contributed by atoms with van der Waals surface area (Å²) in [6, 6.07) is 17.9. The van der Waals surface area contributed by atoms with Crippen LogP contribution in [0.25, 0.3) is 0 Å². The highest BCUT2D eigenvalue weighted by atomic mass is 16.5. The summed E-state index contributed by atoms with van der Waals surface area (Å²) in [7, 11) is 0. The molecule has 172 valence electrons.